The molecule has 0 bridgehead atoms. The van der Waals surface area contributed by atoms with Crippen LogP contribution >= 0.6 is 23.5 Å². The number of carbonyl (C=O) groups excluding carboxylic acids is 1. The van der Waals surface area contributed by atoms with E-state index >= 15 is 0 Å². The van der Waals surface area contributed by atoms with Gasteiger partial charge in [0.15, 0.2) is 0 Å². The maximum absolute atomic E-state index is 14.8. The second kappa shape index (κ2) is 6.95. The Hall–Kier alpha value is -1.86. The number of hydrazone groups is 1. The van der Waals surface area contributed by atoms with Crippen molar-refractivity contribution in [2.24, 2.45) is 11.0 Å². The Morgan fingerprint density at radius 1 is 1.22 bits per heavy atom. The lowest BCUT2D eigenvalue weighted by Crippen LogP contribution is -2.36. The number of nitrogens with zero attached hydrogens (tertiary/aromatic N) is 2. The number of hydrogen-bond donors (Lipinski definition) is 0. The molecule has 0 saturated heterocycles. The van der Waals surface area contributed by atoms with E-state index in [1.165, 1.54) is 29.8 Å². The van der Waals surface area contributed by atoms with Gasteiger partial charge in [-0.3, -0.25) is 4.79 Å². The minimum atomic E-state index is -0.319. The van der Waals surface area contributed by atoms with Crippen molar-refractivity contribution in [3.8, 4) is 0 Å². The van der Waals surface area contributed by atoms with Crippen molar-refractivity contribution in [1.29, 1.82) is 0 Å². The Balaban J connectivity index is 1.74. The van der Waals surface area contributed by atoms with Crippen molar-refractivity contribution in [1.82, 2.24) is 5.01 Å². The zero-order valence-electron chi connectivity index (χ0n) is 15.1. The summed E-state index contributed by atoms with van der Waals surface area (Å²) in [5.74, 6) is -0.180. The summed E-state index contributed by atoms with van der Waals surface area (Å²) >= 11 is 2.97. The standard InChI is InChI=1S/C20H18F2N2OS2/c1-10-4-6-13(8-15(10)21)27-20-14-9-26-16-7-5-11(2)18(22)17(16)19(14)23-24(20)12(3)25/h4-8,14,20H,9H2,1-3H3/t14-,20+/m1/s1. The van der Waals surface area contributed by atoms with Gasteiger partial charge in [-0.1, -0.05) is 23.9 Å². The third-order valence-corrected chi connectivity index (χ3v) is 7.32. The maximum Gasteiger partial charge on any atom is 0.240 e. The maximum atomic E-state index is 14.8. The molecule has 2 aromatic carbocycles. The molecule has 140 valence electrons. The van der Waals surface area contributed by atoms with Crippen molar-refractivity contribution < 1.29 is 13.6 Å². The summed E-state index contributed by atoms with van der Waals surface area (Å²) in [4.78, 5) is 13.8. The molecule has 0 radical (unpaired) electrons. The molecule has 2 aliphatic rings. The van der Waals surface area contributed by atoms with Crippen LogP contribution in [0.3, 0.4) is 0 Å². The summed E-state index contributed by atoms with van der Waals surface area (Å²) in [6, 6.07) is 8.71. The van der Waals surface area contributed by atoms with E-state index in [0.29, 0.717) is 28.2 Å². The van der Waals surface area contributed by atoms with E-state index in [9.17, 15) is 13.6 Å². The summed E-state index contributed by atoms with van der Waals surface area (Å²) in [6.07, 6.45) is 0. The molecular formula is C20H18F2N2OS2. The van der Waals surface area contributed by atoms with Gasteiger partial charge >= 0.3 is 0 Å². The Bertz CT molecular complexity index is 977. The Morgan fingerprint density at radius 2 is 1.96 bits per heavy atom. The van der Waals surface area contributed by atoms with Gasteiger partial charge < -0.3 is 0 Å². The van der Waals surface area contributed by atoms with Gasteiger partial charge in [-0.15, -0.1) is 11.8 Å². The van der Waals surface area contributed by atoms with E-state index in [1.807, 2.05) is 12.1 Å². The highest BCUT2D eigenvalue weighted by Crippen LogP contribution is 2.45. The largest absolute Gasteiger partial charge is 0.273 e. The SMILES string of the molecule is CC(=O)N1N=C2c3c(ccc(C)c3F)SC[C@H]2[C@@H]1Sc1ccc(C)c(F)c1. The van der Waals surface area contributed by atoms with Crippen molar-refractivity contribution in [2.45, 2.75) is 35.9 Å². The molecular weight excluding hydrogens is 386 g/mol. The van der Waals surface area contributed by atoms with E-state index in [4.69, 9.17) is 0 Å². The lowest BCUT2D eigenvalue weighted by Gasteiger charge is -2.28. The van der Waals surface area contributed by atoms with Crippen molar-refractivity contribution in [2.75, 3.05) is 5.75 Å². The number of hydrogen-bond acceptors (Lipinski definition) is 4. The van der Waals surface area contributed by atoms with Crippen LogP contribution in [0.5, 0.6) is 0 Å². The van der Waals surface area contributed by atoms with Gasteiger partial charge in [0.05, 0.1) is 5.71 Å². The second-order valence-corrected chi connectivity index (χ2v) is 9.01. The van der Waals surface area contributed by atoms with Gasteiger partial charge in [0.25, 0.3) is 0 Å². The first-order valence-electron chi connectivity index (χ1n) is 8.60. The van der Waals surface area contributed by atoms with Gasteiger partial charge in [-0.05, 0) is 43.2 Å². The third-order valence-electron chi connectivity index (χ3n) is 4.85. The normalized spacial score (nSPS) is 20.9. The fourth-order valence-corrected chi connectivity index (χ4v) is 5.92. The quantitative estimate of drug-likeness (QED) is 0.707. The van der Waals surface area contributed by atoms with Crippen LogP contribution in [0.4, 0.5) is 8.78 Å². The van der Waals surface area contributed by atoms with Crippen LogP contribution in [0, 0.1) is 31.4 Å². The average Bonchev–Trinajstić information content (AvgIpc) is 3.00. The van der Waals surface area contributed by atoms with Gasteiger partial charge in [-0.25, -0.2) is 13.8 Å². The number of thioether (sulfide) groups is 2. The van der Waals surface area contributed by atoms with Crippen LogP contribution in [0.1, 0.15) is 23.6 Å². The zero-order valence-corrected chi connectivity index (χ0v) is 16.8. The van der Waals surface area contributed by atoms with Crippen molar-refractivity contribution in [3.05, 3.63) is 58.7 Å². The molecule has 1 amide bonds. The fourth-order valence-electron chi connectivity index (χ4n) is 3.32. The molecule has 2 aliphatic heterocycles. The lowest BCUT2D eigenvalue weighted by molar-refractivity contribution is -0.129. The van der Waals surface area contributed by atoms with E-state index in [-0.39, 0.29) is 28.8 Å². The topological polar surface area (TPSA) is 32.7 Å². The van der Waals surface area contributed by atoms with E-state index in [0.717, 1.165) is 9.79 Å². The third kappa shape index (κ3) is 3.17. The zero-order chi connectivity index (χ0) is 19.3. The summed E-state index contributed by atoms with van der Waals surface area (Å²) in [6.45, 7) is 4.89. The van der Waals surface area contributed by atoms with Crippen LogP contribution in [-0.4, -0.2) is 27.8 Å². The Kier molecular flexibility index (Phi) is 4.76. The smallest absolute Gasteiger partial charge is 0.240 e. The number of rotatable bonds is 2. The Labute approximate surface area is 165 Å². The molecule has 0 aliphatic carbocycles. The molecule has 0 N–H and O–H groups in total. The number of carbonyl (C=O) groups is 1. The molecule has 0 spiro atoms. The average molecular weight is 405 g/mol. The van der Waals surface area contributed by atoms with Crippen LogP contribution in [0.25, 0.3) is 0 Å². The van der Waals surface area contributed by atoms with E-state index in [2.05, 4.69) is 5.10 Å². The molecule has 3 nitrogen and oxygen atoms in total. The van der Waals surface area contributed by atoms with Crippen molar-refractivity contribution >= 4 is 35.1 Å². The molecule has 0 aromatic heterocycles. The van der Waals surface area contributed by atoms with Crippen LogP contribution in [0.15, 0.2) is 45.2 Å². The van der Waals surface area contributed by atoms with E-state index in [1.54, 1.807) is 37.7 Å². The number of fused-ring (bicyclic) bond motifs is 3. The predicted molar refractivity (Wildman–Crippen MR) is 105 cm³/mol. The second-order valence-electron chi connectivity index (χ2n) is 6.76. The highest BCUT2D eigenvalue weighted by molar-refractivity contribution is 8.00. The minimum absolute atomic E-state index is 0.114. The molecule has 2 atom stereocenters. The van der Waals surface area contributed by atoms with Crippen molar-refractivity contribution in [3.63, 3.8) is 0 Å². The summed E-state index contributed by atoms with van der Waals surface area (Å²) in [5, 5.41) is 5.60. The van der Waals surface area contributed by atoms with Gasteiger partial charge in [0.1, 0.15) is 17.0 Å². The number of aryl methyl sites for hydroxylation is 2. The molecule has 4 rings (SSSR count). The highest BCUT2D eigenvalue weighted by Gasteiger charge is 2.44. The molecule has 7 heteroatoms. The summed E-state index contributed by atoms with van der Waals surface area (Å²) in [5.41, 5.74) is 2.25. The molecule has 27 heavy (non-hydrogen) atoms. The molecule has 2 heterocycles. The molecule has 2 aromatic rings. The first-order valence-corrected chi connectivity index (χ1v) is 10.5. The van der Waals surface area contributed by atoms with Crippen LogP contribution in [0.2, 0.25) is 0 Å². The monoisotopic (exact) mass is 404 g/mol. The van der Waals surface area contributed by atoms with E-state index < -0.39 is 0 Å². The summed E-state index contributed by atoms with van der Waals surface area (Å²) in [7, 11) is 0. The van der Waals surface area contributed by atoms with Crippen LogP contribution in [-0.2, 0) is 4.79 Å². The molecule has 0 saturated carbocycles. The minimum Gasteiger partial charge on any atom is -0.273 e. The number of amides is 1. The predicted octanol–water partition coefficient (Wildman–Crippen LogP) is 4.99. The highest BCUT2D eigenvalue weighted by atomic mass is 32.2. The number of halogens is 2. The fraction of sp³-hybridized carbons (Fsp3) is 0.300. The van der Waals surface area contributed by atoms with Gasteiger partial charge in [0, 0.05) is 33.9 Å². The molecule has 0 unspecified atom stereocenters. The molecule has 0 fully saturated rings. The first kappa shape index (κ1) is 18.5. The number of benzene rings is 2. The van der Waals surface area contributed by atoms with Gasteiger partial charge in [0.2, 0.25) is 5.91 Å². The Morgan fingerprint density at radius 3 is 2.67 bits per heavy atom. The van der Waals surface area contributed by atoms with Gasteiger partial charge in [-0.2, -0.15) is 5.10 Å². The lowest BCUT2D eigenvalue weighted by atomic mass is 9.96. The first-order chi connectivity index (χ1) is 12.9. The summed E-state index contributed by atoms with van der Waals surface area (Å²) < 4.78 is 28.8. The van der Waals surface area contributed by atoms with Crippen LogP contribution < -0.4 is 0 Å².